The molecule has 1 saturated carbocycles. The fourth-order valence-electron chi connectivity index (χ4n) is 2.09. The van der Waals surface area contributed by atoms with Crippen molar-refractivity contribution in [3.8, 4) is 5.75 Å². The minimum Gasteiger partial charge on any atom is -0.508 e. The van der Waals surface area contributed by atoms with Gasteiger partial charge in [0.1, 0.15) is 5.75 Å². The number of hydrogen-bond acceptors (Lipinski definition) is 2. The standard InChI is InChI=1S/C14H17NO/c1-2-15-14-8-4-6-12(14)9-11-5-3-7-13(16)10-11/h3,5,7,9-10,16H,2,4,6,8H2,1H3. The fourth-order valence-corrected chi connectivity index (χ4v) is 2.09. The Kier molecular flexibility index (Phi) is 3.40. The molecule has 1 aromatic carbocycles. The van der Waals surface area contributed by atoms with Crippen LogP contribution in [0.4, 0.5) is 0 Å². The van der Waals surface area contributed by atoms with Crippen molar-refractivity contribution in [3.63, 3.8) is 0 Å². The fraction of sp³-hybridized carbons (Fsp3) is 0.357. The van der Waals surface area contributed by atoms with E-state index in [4.69, 9.17) is 0 Å². The first-order valence-electron chi connectivity index (χ1n) is 5.83. The molecule has 2 rings (SSSR count). The third kappa shape index (κ3) is 2.51. The number of nitrogens with zero attached hydrogens (tertiary/aromatic N) is 1. The molecule has 0 aromatic heterocycles. The Morgan fingerprint density at radius 3 is 3.00 bits per heavy atom. The number of aromatic hydroxyl groups is 1. The first-order valence-corrected chi connectivity index (χ1v) is 5.83. The van der Waals surface area contributed by atoms with Gasteiger partial charge in [-0.05, 0) is 55.5 Å². The van der Waals surface area contributed by atoms with Gasteiger partial charge in [-0.2, -0.15) is 0 Å². The van der Waals surface area contributed by atoms with Gasteiger partial charge >= 0.3 is 0 Å². The zero-order chi connectivity index (χ0) is 11.4. The molecule has 2 nitrogen and oxygen atoms in total. The van der Waals surface area contributed by atoms with Gasteiger partial charge in [-0.15, -0.1) is 0 Å². The highest BCUT2D eigenvalue weighted by atomic mass is 16.3. The number of allylic oxidation sites excluding steroid dienone is 1. The quantitative estimate of drug-likeness (QED) is 0.805. The van der Waals surface area contributed by atoms with Gasteiger partial charge < -0.3 is 5.11 Å². The molecular weight excluding hydrogens is 198 g/mol. The van der Waals surface area contributed by atoms with E-state index in [0.29, 0.717) is 5.75 Å². The lowest BCUT2D eigenvalue weighted by Crippen LogP contribution is -1.94. The summed E-state index contributed by atoms with van der Waals surface area (Å²) < 4.78 is 0. The van der Waals surface area contributed by atoms with E-state index < -0.39 is 0 Å². The van der Waals surface area contributed by atoms with Crippen LogP contribution in [-0.4, -0.2) is 17.4 Å². The van der Waals surface area contributed by atoms with Crippen molar-refractivity contribution < 1.29 is 5.11 Å². The minimum absolute atomic E-state index is 0.321. The largest absolute Gasteiger partial charge is 0.508 e. The molecule has 0 bridgehead atoms. The van der Waals surface area contributed by atoms with Gasteiger partial charge in [0, 0.05) is 12.3 Å². The van der Waals surface area contributed by atoms with Crippen LogP contribution >= 0.6 is 0 Å². The Morgan fingerprint density at radius 2 is 2.25 bits per heavy atom. The molecule has 84 valence electrons. The van der Waals surface area contributed by atoms with Gasteiger partial charge in [-0.25, -0.2) is 0 Å². The Labute approximate surface area is 96.3 Å². The van der Waals surface area contributed by atoms with Crippen LogP contribution in [0, 0.1) is 0 Å². The highest BCUT2D eigenvalue weighted by Gasteiger charge is 2.14. The molecule has 2 heteroatoms. The van der Waals surface area contributed by atoms with E-state index >= 15 is 0 Å². The Bertz CT molecular complexity index is 432. The van der Waals surface area contributed by atoms with Crippen molar-refractivity contribution in [2.45, 2.75) is 26.2 Å². The molecule has 0 heterocycles. The van der Waals surface area contributed by atoms with Crippen LogP contribution in [0.2, 0.25) is 0 Å². The second-order valence-electron chi connectivity index (χ2n) is 4.04. The molecule has 1 N–H and O–H groups in total. The zero-order valence-corrected chi connectivity index (χ0v) is 9.61. The molecule has 16 heavy (non-hydrogen) atoms. The van der Waals surface area contributed by atoms with Crippen molar-refractivity contribution in [1.29, 1.82) is 0 Å². The van der Waals surface area contributed by atoms with E-state index in [2.05, 4.69) is 18.0 Å². The third-order valence-corrected chi connectivity index (χ3v) is 2.79. The van der Waals surface area contributed by atoms with E-state index in [1.54, 1.807) is 12.1 Å². The van der Waals surface area contributed by atoms with Gasteiger partial charge in [0.15, 0.2) is 0 Å². The molecule has 0 radical (unpaired) electrons. The van der Waals surface area contributed by atoms with Crippen LogP contribution < -0.4 is 0 Å². The lowest BCUT2D eigenvalue weighted by Gasteiger charge is -2.01. The lowest BCUT2D eigenvalue weighted by molar-refractivity contribution is 0.475. The van der Waals surface area contributed by atoms with Crippen molar-refractivity contribution in [1.82, 2.24) is 0 Å². The summed E-state index contributed by atoms with van der Waals surface area (Å²) in [6, 6.07) is 7.36. The number of phenols is 1. The summed E-state index contributed by atoms with van der Waals surface area (Å²) >= 11 is 0. The molecule has 0 unspecified atom stereocenters. The number of hydrogen-bond donors (Lipinski definition) is 1. The molecule has 1 aliphatic rings. The first kappa shape index (κ1) is 10.9. The minimum atomic E-state index is 0.321. The van der Waals surface area contributed by atoms with E-state index in [9.17, 15) is 5.11 Å². The summed E-state index contributed by atoms with van der Waals surface area (Å²) in [5.41, 5.74) is 3.62. The van der Waals surface area contributed by atoms with Gasteiger partial charge in [-0.3, -0.25) is 4.99 Å². The highest BCUT2D eigenvalue weighted by Crippen LogP contribution is 2.25. The van der Waals surface area contributed by atoms with Gasteiger partial charge in [0.25, 0.3) is 0 Å². The molecule has 0 aliphatic heterocycles. The average molecular weight is 215 g/mol. The van der Waals surface area contributed by atoms with Gasteiger partial charge in [-0.1, -0.05) is 12.1 Å². The first-order chi connectivity index (χ1) is 7.79. The maximum Gasteiger partial charge on any atom is 0.116 e. The number of phenolic OH excluding ortho intramolecular Hbond substituents is 1. The van der Waals surface area contributed by atoms with Crippen molar-refractivity contribution in [2.24, 2.45) is 4.99 Å². The Hall–Kier alpha value is -1.57. The predicted octanol–water partition coefficient (Wildman–Crippen LogP) is 3.42. The molecule has 0 atom stereocenters. The predicted molar refractivity (Wildman–Crippen MR) is 67.9 cm³/mol. The van der Waals surface area contributed by atoms with E-state index in [1.165, 1.54) is 17.7 Å². The van der Waals surface area contributed by atoms with Crippen LogP contribution in [0.5, 0.6) is 5.75 Å². The average Bonchev–Trinajstić information content (AvgIpc) is 2.66. The lowest BCUT2D eigenvalue weighted by atomic mass is 10.1. The second kappa shape index (κ2) is 4.97. The summed E-state index contributed by atoms with van der Waals surface area (Å²) in [6.07, 6.45) is 5.54. The second-order valence-corrected chi connectivity index (χ2v) is 4.04. The van der Waals surface area contributed by atoms with Gasteiger partial charge in [0.05, 0.1) is 0 Å². The Morgan fingerprint density at radius 1 is 1.38 bits per heavy atom. The summed E-state index contributed by atoms with van der Waals surface area (Å²) in [5, 5.41) is 9.40. The molecule has 1 fully saturated rings. The summed E-state index contributed by atoms with van der Waals surface area (Å²) in [4.78, 5) is 4.51. The summed E-state index contributed by atoms with van der Waals surface area (Å²) in [7, 11) is 0. The zero-order valence-electron chi connectivity index (χ0n) is 9.61. The monoisotopic (exact) mass is 215 g/mol. The maximum absolute atomic E-state index is 9.40. The smallest absolute Gasteiger partial charge is 0.116 e. The molecule has 1 aromatic rings. The SMILES string of the molecule is CCN=C1CCCC1=Cc1cccc(O)c1. The van der Waals surface area contributed by atoms with Crippen LogP contribution in [-0.2, 0) is 0 Å². The third-order valence-electron chi connectivity index (χ3n) is 2.79. The van der Waals surface area contributed by atoms with Crippen molar-refractivity contribution in [2.75, 3.05) is 6.54 Å². The van der Waals surface area contributed by atoms with Crippen LogP contribution in [0.25, 0.3) is 6.08 Å². The van der Waals surface area contributed by atoms with Crippen LogP contribution in [0.3, 0.4) is 0 Å². The Balaban J connectivity index is 2.27. The maximum atomic E-state index is 9.40. The van der Waals surface area contributed by atoms with Crippen molar-refractivity contribution in [3.05, 3.63) is 35.4 Å². The molecular formula is C14H17NO. The summed E-state index contributed by atoms with van der Waals surface area (Å²) in [6.45, 7) is 2.92. The molecule has 0 amide bonds. The topological polar surface area (TPSA) is 32.6 Å². The number of benzene rings is 1. The van der Waals surface area contributed by atoms with E-state index in [0.717, 1.165) is 24.9 Å². The van der Waals surface area contributed by atoms with Crippen LogP contribution in [0.15, 0.2) is 34.8 Å². The molecule has 0 saturated heterocycles. The highest BCUT2D eigenvalue weighted by molar-refractivity contribution is 6.05. The van der Waals surface area contributed by atoms with E-state index in [1.807, 2.05) is 12.1 Å². The number of aliphatic imine (C=N–C) groups is 1. The van der Waals surface area contributed by atoms with Crippen molar-refractivity contribution >= 4 is 11.8 Å². The number of rotatable bonds is 2. The van der Waals surface area contributed by atoms with Gasteiger partial charge in [0.2, 0.25) is 0 Å². The summed E-state index contributed by atoms with van der Waals surface area (Å²) in [5.74, 6) is 0.321. The van der Waals surface area contributed by atoms with E-state index in [-0.39, 0.29) is 0 Å². The van der Waals surface area contributed by atoms with Crippen LogP contribution in [0.1, 0.15) is 31.7 Å². The normalized spacial score (nSPS) is 20.8. The molecule has 1 aliphatic carbocycles. The molecule has 0 spiro atoms.